The van der Waals surface area contributed by atoms with Gasteiger partial charge in [-0.1, -0.05) is 6.42 Å². The minimum atomic E-state index is 0.425. The highest BCUT2D eigenvalue weighted by atomic mass is 16.5. The molecule has 1 aliphatic rings. The Morgan fingerprint density at radius 2 is 2.08 bits per heavy atom. The molecule has 1 saturated heterocycles. The zero-order valence-corrected chi connectivity index (χ0v) is 15.0. The molecular formula is C18H30N4O2. The molecule has 1 aliphatic heterocycles. The second kappa shape index (κ2) is 9.37. The molecule has 1 fully saturated rings. The molecule has 1 aromatic carbocycles. The Balaban J connectivity index is 1.79. The predicted octanol–water partition coefficient (Wildman–Crippen LogP) is 2.69. The number of benzene rings is 1. The van der Waals surface area contributed by atoms with E-state index >= 15 is 0 Å². The number of nitrogens with zero attached hydrogens (tertiary/aromatic N) is 2. The molecule has 0 saturated carbocycles. The molecule has 6 heteroatoms. The third kappa shape index (κ3) is 5.30. The number of guanidine groups is 1. The Bertz CT molecular complexity index is 548. The summed E-state index contributed by atoms with van der Waals surface area (Å²) in [5, 5.41) is 3.09. The van der Waals surface area contributed by atoms with Crippen molar-refractivity contribution in [1.29, 1.82) is 0 Å². The lowest BCUT2D eigenvalue weighted by Crippen LogP contribution is -2.38. The summed E-state index contributed by atoms with van der Waals surface area (Å²) >= 11 is 0. The normalized spacial score (nSPS) is 19.1. The number of nitrogens with two attached hydrogens (primary N) is 1. The zero-order valence-electron chi connectivity index (χ0n) is 15.0. The van der Waals surface area contributed by atoms with E-state index in [-0.39, 0.29) is 0 Å². The van der Waals surface area contributed by atoms with Crippen LogP contribution >= 0.6 is 0 Å². The van der Waals surface area contributed by atoms with Crippen molar-refractivity contribution in [2.75, 3.05) is 39.2 Å². The second-order valence-electron chi connectivity index (χ2n) is 6.20. The molecule has 0 aliphatic carbocycles. The molecule has 0 spiro atoms. The Morgan fingerprint density at radius 1 is 1.29 bits per heavy atom. The molecule has 134 valence electrons. The Hall–Kier alpha value is -1.95. The van der Waals surface area contributed by atoms with E-state index < -0.39 is 0 Å². The highest BCUT2D eigenvalue weighted by Gasteiger charge is 2.16. The summed E-state index contributed by atoms with van der Waals surface area (Å²) < 4.78 is 10.5. The topological polar surface area (TPSA) is 72.1 Å². The van der Waals surface area contributed by atoms with Crippen LogP contribution in [-0.4, -0.2) is 50.8 Å². The number of hydrogen-bond donors (Lipinski definition) is 2. The van der Waals surface area contributed by atoms with E-state index in [9.17, 15) is 0 Å². The number of anilines is 1. The van der Waals surface area contributed by atoms with Crippen molar-refractivity contribution in [2.24, 2.45) is 10.7 Å². The summed E-state index contributed by atoms with van der Waals surface area (Å²) in [5.74, 6) is 1.78. The van der Waals surface area contributed by atoms with Gasteiger partial charge in [0.15, 0.2) is 17.5 Å². The van der Waals surface area contributed by atoms with Crippen molar-refractivity contribution in [2.45, 2.75) is 38.6 Å². The lowest BCUT2D eigenvalue weighted by atomic mass is 10.0. The molecule has 1 heterocycles. The number of piperidine rings is 1. The van der Waals surface area contributed by atoms with Gasteiger partial charge in [-0.25, -0.2) is 0 Å². The summed E-state index contributed by atoms with van der Waals surface area (Å²) in [6.45, 7) is 5.35. The fraction of sp³-hybridized carbons (Fsp3) is 0.611. The van der Waals surface area contributed by atoms with Gasteiger partial charge in [0, 0.05) is 30.9 Å². The van der Waals surface area contributed by atoms with Crippen LogP contribution in [0.25, 0.3) is 0 Å². The molecule has 1 atom stereocenters. The number of likely N-dealkylation sites (tertiary alicyclic amines) is 1. The first-order chi connectivity index (χ1) is 11.6. The summed E-state index contributed by atoms with van der Waals surface area (Å²) in [4.78, 5) is 6.96. The van der Waals surface area contributed by atoms with Gasteiger partial charge in [0.25, 0.3) is 0 Å². The molecule has 2 rings (SSSR count). The molecule has 6 nitrogen and oxygen atoms in total. The summed E-state index contributed by atoms with van der Waals surface area (Å²) in [7, 11) is 3.23. The van der Waals surface area contributed by atoms with E-state index in [2.05, 4.69) is 22.1 Å². The van der Waals surface area contributed by atoms with Crippen molar-refractivity contribution < 1.29 is 9.47 Å². The maximum Gasteiger partial charge on any atom is 0.193 e. The fourth-order valence-electron chi connectivity index (χ4n) is 3.06. The molecule has 3 N–H and O–H groups in total. The number of hydrogen-bond acceptors (Lipinski definition) is 4. The van der Waals surface area contributed by atoms with Crippen molar-refractivity contribution >= 4 is 11.6 Å². The second-order valence-corrected chi connectivity index (χ2v) is 6.20. The quantitative estimate of drug-likeness (QED) is 0.456. The van der Waals surface area contributed by atoms with Crippen LogP contribution in [0, 0.1) is 0 Å². The number of methoxy groups -OCH3 is 2. The summed E-state index contributed by atoms with van der Waals surface area (Å²) in [5.41, 5.74) is 6.80. The molecule has 0 amide bonds. The van der Waals surface area contributed by atoms with E-state index in [1.165, 1.54) is 25.8 Å². The SMILES string of the molecule is COc1ccc(NC(N)=NCCCN2CCCCC2C)cc1OC. The third-order valence-corrected chi connectivity index (χ3v) is 4.48. The molecule has 0 bridgehead atoms. The van der Waals surface area contributed by atoms with Crippen molar-refractivity contribution in [3.63, 3.8) is 0 Å². The Morgan fingerprint density at radius 3 is 2.79 bits per heavy atom. The first-order valence-corrected chi connectivity index (χ1v) is 8.67. The predicted molar refractivity (Wildman–Crippen MR) is 99.2 cm³/mol. The van der Waals surface area contributed by atoms with Crippen LogP contribution < -0.4 is 20.5 Å². The van der Waals surface area contributed by atoms with Gasteiger partial charge in [-0.05, 0) is 44.9 Å². The van der Waals surface area contributed by atoms with E-state index in [0.717, 1.165) is 25.2 Å². The number of aliphatic imine (C=N–C) groups is 1. The van der Waals surface area contributed by atoms with Gasteiger partial charge in [-0.3, -0.25) is 4.99 Å². The van der Waals surface area contributed by atoms with E-state index in [1.54, 1.807) is 14.2 Å². The first kappa shape index (κ1) is 18.4. The smallest absolute Gasteiger partial charge is 0.193 e. The molecule has 24 heavy (non-hydrogen) atoms. The number of rotatable bonds is 7. The van der Waals surface area contributed by atoms with Crippen LogP contribution in [0.4, 0.5) is 5.69 Å². The Labute approximate surface area is 145 Å². The van der Waals surface area contributed by atoms with E-state index in [4.69, 9.17) is 15.2 Å². The van der Waals surface area contributed by atoms with Crippen LogP contribution in [0.5, 0.6) is 11.5 Å². The fourth-order valence-corrected chi connectivity index (χ4v) is 3.06. The van der Waals surface area contributed by atoms with Gasteiger partial charge in [-0.15, -0.1) is 0 Å². The van der Waals surface area contributed by atoms with Gasteiger partial charge < -0.3 is 25.4 Å². The van der Waals surface area contributed by atoms with Crippen LogP contribution in [-0.2, 0) is 0 Å². The van der Waals surface area contributed by atoms with Gasteiger partial charge in [0.05, 0.1) is 14.2 Å². The van der Waals surface area contributed by atoms with E-state index in [1.807, 2.05) is 18.2 Å². The van der Waals surface area contributed by atoms with Crippen molar-refractivity contribution in [1.82, 2.24) is 4.90 Å². The largest absolute Gasteiger partial charge is 0.493 e. The minimum absolute atomic E-state index is 0.425. The monoisotopic (exact) mass is 334 g/mol. The molecule has 0 aromatic heterocycles. The minimum Gasteiger partial charge on any atom is -0.493 e. The van der Waals surface area contributed by atoms with Crippen LogP contribution in [0.1, 0.15) is 32.6 Å². The van der Waals surface area contributed by atoms with Gasteiger partial charge in [0.2, 0.25) is 0 Å². The summed E-state index contributed by atoms with van der Waals surface area (Å²) in [6.07, 6.45) is 5.01. The van der Waals surface area contributed by atoms with Crippen molar-refractivity contribution in [3.8, 4) is 11.5 Å². The molecule has 1 unspecified atom stereocenters. The maximum absolute atomic E-state index is 5.97. The molecule has 0 radical (unpaired) electrons. The first-order valence-electron chi connectivity index (χ1n) is 8.67. The number of nitrogens with one attached hydrogen (secondary N) is 1. The molecular weight excluding hydrogens is 304 g/mol. The highest BCUT2D eigenvalue weighted by molar-refractivity contribution is 5.92. The van der Waals surface area contributed by atoms with Crippen LogP contribution in [0.2, 0.25) is 0 Å². The average Bonchev–Trinajstić information content (AvgIpc) is 2.60. The van der Waals surface area contributed by atoms with Gasteiger partial charge >= 0.3 is 0 Å². The maximum atomic E-state index is 5.97. The molecule has 1 aromatic rings. The average molecular weight is 334 g/mol. The lowest BCUT2D eigenvalue weighted by Gasteiger charge is -2.33. The number of ether oxygens (including phenoxy) is 2. The van der Waals surface area contributed by atoms with Gasteiger partial charge in [0.1, 0.15) is 0 Å². The Kier molecular flexibility index (Phi) is 7.18. The summed E-state index contributed by atoms with van der Waals surface area (Å²) in [6, 6.07) is 6.27. The van der Waals surface area contributed by atoms with Gasteiger partial charge in [-0.2, -0.15) is 0 Å². The third-order valence-electron chi connectivity index (χ3n) is 4.48. The standard InChI is InChI=1S/C18H30N4O2/c1-14-7-4-5-11-22(14)12-6-10-20-18(19)21-15-8-9-16(23-2)17(13-15)24-3/h8-9,13-14H,4-7,10-12H2,1-3H3,(H3,19,20,21). The highest BCUT2D eigenvalue weighted by Crippen LogP contribution is 2.29. The van der Waals surface area contributed by atoms with E-state index in [0.29, 0.717) is 23.5 Å². The van der Waals surface area contributed by atoms with Crippen LogP contribution in [0.3, 0.4) is 0 Å². The van der Waals surface area contributed by atoms with Crippen molar-refractivity contribution in [3.05, 3.63) is 18.2 Å². The van der Waals surface area contributed by atoms with Crippen LogP contribution in [0.15, 0.2) is 23.2 Å². The zero-order chi connectivity index (χ0) is 17.4. The lowest BCUT2D eigenvalue weighted by molar-refractivity contribution is 0.160.